The van der Waals surface area contributed by atoms with Crippen LogP contribution in [-0.2, 0) is 16.0 Å². The number of amides is 2. The number of nitrogens with two attached hydrogens (primary N) is 1. The summed E-state index contributed by atoms with van der Waals surface area (Å²) in [6.07, 6.45) is 1.79. The first-order valence-electron chi connectivity index (χ1n) is 11.7. The summed E-state index contributed by atoms with van der Waals surface area (Å²) in [6.45, 7) is 0.876. The highest BCUT2D eigenvalue weighted by molar-refractivity contribution is 6.02. The van der Waals surface area contributed by atoms with Gasteiger partial charge in [-0.1, -0.05) is 30.3 Å². The van der Waals surface area contributed by atoms with Crippen LogP contribution in [-0.4, -0.2) is 45.4 Å². The monoisotopic (exact) mass is 487 g/mol. The van der Waals surface area contributed by atoms with Crippen LogP contribution in [0.15, 0.2) is 59.7 Å². The van der Waals surface area contributed by atoms with Gasteiger partial charge in [-0.3, -0.25) is 9.59 Å². The summed E-state index contributed by atoms with van der Waals surface area (Å²) < 4.78 is 14.6. The lowest BCUT2D eigenvalue weighted by atomic mass is 10.1. The van der Waals surface area contributed by atoms with E-state index in [4.69, 9.17) is 5.73 Å². The third-order valence-electron chi connectivity index (χ3n) is 5.85. The SMILES string of the molecule is N#Cc1c(CCCNC(=O)CCC(=O)N2CCC(c3ccccc3)=N2)nn(-c2ccc(F)cc2)c1N. The quantitative estimate of drug-likeness (QED) is 0.448. The zero-order chi connectivity index (χ0) is 25.5. The Labute approximate surface area is 208 Å². The molecule has 2 aromatic carbocycles. The normalized spacial score (nSPS) is 12.8. The number of anilines is 1. The molecule has 1 aliphatic rings. The summed E-state index contributed by atoms with van der Waals surface area (Å²) in [5.74, 6) is -0.613. The first-order valence-corrected chi connectivity index (χ1v) is 11.7. The highest BCUT2D eigenvalue weighted by Gasteiger charge is 2.22. The molecule has 36 heavy (non-hydrogen) atoms. The molecule has 0 saturated carbocycles. The maximum Gasteiger partial charge on any atom is 0.243 e. The Hall–Kier alpha value is -4.52. The first kappa shape index (κ1) is 24.6. The number of hydrazone groups is 1. The summed E-state index contributed by atoms with van der Waals surface area (Å²) in [5.41, 5.74) is 9.25. The minimum absolute atomic E-state index is 0.0705. The number of nitrogen functional groups attached to an aromatic ring is 1. The van der Waals surface area contributed by atoms with E-state index in [1.807, 2.05) is 30.3 Å². The second kappa shape index (κ2) is 11.3. The molecule has 0 atom stereocenters. The van der Waals surface area contributed by atoms with Crippen LogP contribution in [0.3, 0.4) is 0 Å². The van der Waals surface area contributed by atoms with E-state index in [1.165, 1.54) is 34.0 Å². The van der Waals surface area contributed by atoms with Crippen molar-refractivity contribution in [3.63, 3.8) is 0 Å². The molecule has 0 aliphatic carbocycles. The van der Waals surface area contributed by atoms with E-state index in [9.17, 15) is 19.2 Å². The van der Waals surface area contributed by atoms with Gasteiger partial charge in [0.25, 0.3) is 0 Å². The van der Waals surface area contributed by atoms with E-state index < -0.39 is 0 Å². The molecule has 9 nitrogen and oxygen atoms in total. The van der Waals surface area contributed by atoms with Gasteiger partial charge in [0.2, 0.25) is 11.8 Å². The van der Waals surface area contributed by atoms with Gasteiger partial charge in [-0.15, -0.1) is 0 Å². The number of nitriles is 1. The zero-order valence-electron chi connectivity index (χ0n) is 19.7. The van der Waals surface area contributed by atoms with Gasteiger partial charge in [-0.2, -0.15) is 15.5 Å². The summed E-state index contributed by atoms with van der Waals surface area (Å²) in [5, 5.41) is 22.5. The van der Waals surface area contributed by atoms with Gasteiger partial charge in [0.05, 0.1) is 23.6 Å². The number of halogens is 1. The molecule has 1 aliphatic heterocycles. The van der Waals surface area contributed by atoms with E-state index in [2.05, 4.69) is 21.6 Å². The molecule has 0 bridgehead atoms. The van der Waals surface area contributed by atoms with Gasteiger partial charge < -0.3 is 11.1 Å². The first-order chi connectivity index (χ1) is 17.5. The van der Waals surface area contributed by atoms with Gasteiger partial charge in [-0.05, 0) is 42.7 Å². The third-order valence-corrected chi connectivity index (χ3v) is 5.85. The van der Waals surface area contributed by atoms with Crippen LogP contribution in [0, 0.1) is 17.1 Å². The Morgan fingerprint density at radius 1 is 1.11 bits per heavy atom. The van der Waals surface area contributed by atoms with E-state index in [1.54, 1.807) is 0 Å². The highest BCUT2D eigenvalue weighted by atomic mass is 19.1. The average Bonchev–Trinajstić information content (AvgIpc) is 3.51. The molecule has 2 amide bonds. The van der Waals surface area contributed by atoms with Crippen LogP contribution >= 0.6 is 0 Å². The molecule has 4 rings (SSSR count). The lowest BCUT2D eigenvalue weighted by Gasteiger charge is -2.11. The molecule has 0 spiro atoms. The molecule has 3 N–H and O–H groups in total. The number of hydrogen-bond donors (Lipinski definition) is 2. The van der Waals surface area contributed by atoms with Crippen molar-refractivity contribution < 1.29 is 14.0 Å². The van der Waals surface area contributed by atoms with Crippen LogP contribution in [0.1, 0.15) is 42.5 Å². The molecule has 0 radical (unpaired) electrons. The topological polar surface area (TPSA) is 129 Å². The lowest BCUT2D eigenvalue weighted by molar-refractivity contribution is -0.133. The molecule has 1 aromatic heterocycles. The average molecular weight is 488 g/mol. The van der Waals surface area contributed by atoms with Gasteiger partial charge in [0.15, 0.2) is 0 Å². The Balaban J connectivity index is 1.22. The number of nitrogens with one attached hydrogen (secondary N) is 1. The summed E-state index contributed by atoms with van der Waals surface area (Å²) >= 11 is 0. The summed E-state index contributed by atoms with van der Waals surface area (Å²) in [4.78, 5) is 24.7. The van der Waals surface area contributed by atoms with Crippen molar-refractivity contribution >= 4 is 23.3 Å². The zero-order valence-corrected chi connectivity index (χ0v) is 19.7. The van der Waals surface area contributed by atoms with Crippen LogP contribution < -0.4 is 11.1 Å². The Morgan fingerprint density at radius 3 is 2.58 bits per heavy atom. The van der Waals surface area contributed by atoms with Crippen LogP contribution in [0.2, 0.25) is 0 Å². The molecule has 0 saturated heterocycles. The number of hydrogen-bond acceptors (Lipinski definition) is 6. The van der Waals surface area contributed by atoms with Crippen molar-refractivity contribution in [2.45, 2.75) is 32.1 Å². The van der Waals surface area contributed by atoms with E-state index in [0.717, 1.165) is 11.3 Å². The van der Waals surface area contributed by atoms with Gasteiger partial charge >= 0.3 is 0 Å². The van der Waals surface area contributed by atoms with E-state index in [-0.39, 0.29) is 41.9 Å². The molecule has 2 heterocycles. The van der Waals surface area contributed by atoms with Crippen LogP contribution in [0.4, 0.5) is 10.2 Å². The minimum Gasteiger partial charge on any atom is -0.382 e. The molecular weight excluding hydrogens is 461 g/mol. The summed E-state index contributed by atoms with van der Waals surface area (Å²) in [7, 11) is 0. The summed E-state index contributed by atoms with van der Waals surface area (Å²) in [6, 6.07) is 17.4. The van der Waals surface area contributed by atoms with Crippen LogP contribution in [0.25, 0.3) is 5.69 Å². The Bertz CT molecular complexity index is 1310. The minimum atomic E-state index is -0.382. The van der Waals surface area contributed by atoms with Crippen molar-refractivity contribution in [2.75, 3.05) is 18.8 Å². The largest absolute Gasteiger partial charge is 0.382 e. The maximum atomic E-state index is 13.2. The van der Waals surface area contributed by atoms with Gasteiger partial charge in [0.1, 0.15) is 23.3 Å². The number of benzene rings is 2. The predicted molar refractivity (Wildman–Crippen MR) is 133 cm³/mol. The van der Waals surface area contributed by atoms with Crippen molar-refractivity contribution in [2.24, 2.45) is 5.10 Å². The van der Waals surface area contributed by atoms with Crippen molar-refractivity contribution in [3.05, 3.63) is 77.2 Å². The van der Waals surface area contributed by atoms with Crippen molar-refractivity contribution in [1.82, 2.24) is 20.1 Å². The molecule has 3 aromatic rings. The molecular formula is C26H26FN7O2. The predicted octanol–water partition coefficient (Wildman–Crippen LogP) is 2.93. The van der Waals surface area contributed by atoms with Crippen molar-refractivity contribution in [3.8, 4) is 11.8 Å². The maximum absolute atomic E-state index is 13.2. The fraction of sp³-hybridized carbons (Fsp3) is 0.269. The van der Waals surface area contributed by atoms with E-state index in [0.29, 0.717) is 43.7 Å². The second-order valence-electron chi connectivity index (χ2n) is 8.34. The smallest absolute Gasteiger partial charge is 0.243 e. The standard InChI is InChI=1S/C26H26FN7O2/c27-19-8-10-20(11-9-19)34-26(29)21(17-28)23(32-34)7-4-15-30-24(35)12-13-25(36)33-16-14-22(31-33)18-5-2-1-3-6-18/h1-3,5-6,8-11H,4,7,12-16,29H2,(H,30,35). The lowest BCUT2D eigenvalue weighted by Crippen LogP contribution is -2.28. The fourth-order valence-electron chi connectivity index (χ4n) is 3.95. The number of aryl methyl sites for hydroxylation is 1. The molecule has 0 fully saturated rings. The molecule has 10 heteroatoms. The van der Waals surface area contributed by atoms with Gasteiger partial charge in [0, 0.05) is 25.8 Å². The third kappa shape index (κ3) is 5.75. The molecule has 184 valence electrons. The van der Waals surface area contributed by atoms with Gasteiger partial charge in [-0.25, -0.2) is 14.1 Å². The number of carbonyl (C=O) groups excluding carboxylic acids is 2. The number of nitrogens with zero attached hydrogens (tertiary/aromatic N) is 5. The second-order valence-corrected chi connectivity index (χ2v) is 8.34. The number of aromatic nitrogens is 2. The number of rotatable bonds is 9. The molecule has 0 unspecified atom stereocenters. The fourth-order valence-corrected chi connectivity index (χ4v) is 3.95. The Kier molecular flexibility index (Phi) is 7.70. The van der Waals surface area contributed by atoms with E-state index >= 15 is 0 Å². The van der Waals surface area contributed by atoms with Crippen LogP contribution in [0.5, 0.6) is 0 Å². The Morgan fingerprint density at radius 2 is 1.86 bits per heavy atom. The van der Waals surface area contributed by atoms with Crippen molar-refractivity contribution in [1.29, 1.82) is 5.26 Å². The number of carbonyl (C=O) groups is 2. The highest BCUT2D eigenvalue weighted by Crippen LogP contribution is 2.22.